The molecule has 1 aromatic heterocycles. The Morgan fingerprint density at radius 2 is 2.00 bits per heavy atom. The lowest BCUT2D eigenvalue weighted by atomic mass is 10.3. The third-order valence-electron chi connectivity index (χ3n) is 1.66. The van der Waals surface area contributed by atoms with Gasteiger partial charge in [0.15, 0.2) is 0 Å². The van der Waals surface area contributed by atoms with Crippen LogP contribution in [0.15, 0.2) is 0 Å². The molecule has 0 N–H and O–H groups in total. The molecule has 3 nitrogen and oxygen atoms in total. The Kier molecular flexibility index (Phi) is 3.78. The fraction of sp³-hybridized carbons (Fsp3) is 0.571. The van der Waals surface area contributed by atoms with Crippen molar-refractivity contribution in [2.75, 3.05) is 0 Å². The summed E-state index contributed by atoms with van der Waals surface area (Å²) < 4.78 is 53.5. The van der Waals surface area contributed by atoms with Crippen molar-refractivity contribution >= 4 is 11.6 Å². The predicted molar refractivity (Wildman–Crippen MR) is 44.4 cm³/mol. The van der Waals surface area contributed by atoms with Gasteiger partial charge in [-0.05, 0) is 0 Å². The van der Waals surface area contributed by atoms with Crippen LogP contribution in [0.5, 0.6) is 5.88 Å². The van der Waals surface area contributed by atoms with Crippen molar-refractivity contribution in [1.29, 1.82) is 0 Å². The van der Waals surface area contributed by atoms with Crippen molar-refractivity contribution in [2.24, 2.45) is 7.05 Å². The summed E-state index contributed by atoms with van der Waals surface area (Å²) in [6, 6.07) is 0. The minimum atomic E-state index is -3.10. The summed E-state index contributed by atoms with van der Waals surface area (Å²) in [5, 5.41) is 3.36. The third-order valence-corrected chi connectivity index (χ3v) is 1.93. The van der Waals surface area contributed by atoms with Crippen molar-refractivity contribution < 1.29 is 22.3 Å². The number of aryl methyl sites for hydroxylation is 1. The highest BCUT2D eigenvalue weighted by Crippen LogP contribution is 2.31. The molecule has 0 spiro atoms. The molecule has 1 rings (SSSR count). The van der Waals surface area contributed by atoms with Crippen LogP contribution in [-0.4, -0.2) is 16.4 Å². The van der Waals surface area contributed by atoms with Crippen LogP contribution < -0.4 is 4.74 Å². The molecule has 0 aliphatic carbocycles. The molecule has 1 heterocycles. The first kappa shape index (κ1) is 12.1. The first-order valence-corrected chi connectivity index (χ1v) is 4.35. The number of nitrogens with zero attached hydrogens (tertiary/aromatic N) is 2. The van der Waals surface area contributed by atoms with E-state index in [2.05, 4.69) is 9.84 Å². The highest BCUT2D eigenvalue weighted by molar-refractivity contribution is 6.17. The van der Waals surface area contributed by atoms with Gasteiger partial charge in [-0.2, -0.15) is 13.9 Å². The van der Waals surface area contributed by atoms with Crippen LogP contribution in [0.3, 0.4) is 0 Å². The van der Waals surface area contributed by atoms with Gasteiger partial charge in [0, 0.05) is 7.05 Å². The molecule has 0 unspecified atom stereocenters. The lowest BCUT2D eigenvalue weighted by molar-refractivity contribution is -0.0558. The van der Waals surface area contributed by atoms with E-state index in [1.165, 1.54) is 7.05 Å². The van der Waals surface area contributed by atoms with E-state index in [0.717, 1.165) is 4.68 Å². The first-order valence-electron chi connectivity index (χ1n) is 3.82. The molecule has 15 heavy (non-hydrogen) atoms. The maximum absolute atomic E-state index is 12.4. The minimum absolute atomic E-state index is 0.213. The quantitative estimate of drug-likeness (QED) is 0.603. The van der Waals surface area contributed by atoms with Crippen LogP contribution in [0, 0.1) is 0 Å². The van der Waals surface area contributed by atoms with Crippen molar-refractivity contribution in [3.05, 3.63) is 11.3 Å². The van der Waals surface area contributed by atoms with Crippen molar-refractivity contribution in [1.82, 2.24) is 9.78 Å². The summed E-state index contributed by atoms with van der Waals surface area (Å²) in [6.45, 7) is -3.10. The molecule has 0 atom stereocenters. The molecular weight excluding hydrogens is 240 g/mol. The van der Waals surface area contributed by atoms with Gasteiger partial charge in [0.2, 0.25) is 5.88 Å². The van der Waals surface area contributed by atoms with Gasteiger partial charge in [-0.1, -0.05) is 0 Å². The van der Waals surface area contributed by atoms with E-state index < -0.39 is 24.6 Å². The highest BCUT2D eigenvalue weighted by atomic mass is 35.5. The normalized spacial score (nSPS) is 11.5. The van der Waals surface area contributed by atoms with Crippen LogP contribution in [0.1, 0.15) is 17.7 Å². The zero-order valence-corrected chi connectivity index (χ0v) is 8.31. The highest BCUT2D eigenvalue weighted by Gasteiger charge is 2.24. The Bertz CT molecular complexity index is 342. The first-order chi connectivity index (χ1) is 6.97. The van der Waals surface area contributed by atoms with Gasteiger partial charge >= 0.3 is 6.61 Å². The fourth-order valence-corrected chi connectivity index (χ4v) is 1.36. The maximum atomic E-state index is 12.4. The van der Waals surface area contributed by atoms with Crippen LogP contribution in [0.2, 0.25) is 0 Å². The molecule has 0 saturated heterocycles. The zero-order chi connectivity index (χ0) is 11.6. The third kappa shape index (κ3) is 2.53. The fourth-order valence-electron chi connectivity index (χ4n) is 1.10. The molecule has 1 aromatic rings. The molecule has 0 fully saturated rings. The summed E-state index contributed by atoms with van der Waals surface area (Å²) in [6.07, 6.45) is -2.88. The van der Waals surface area contributed by atoms with Gasteiger partial charge in [0.1, 0.15) is 5.69 Å². The van der Waals surface area contributed by atoms with Crippen LogP contribution in [0.4, 0.5) is 17.6 Å². The molecule has 8 heteroatoms. The minimum Gasteiger partial charge on any atom is -0.417 e. The van der Waals surface area contributed by atoms with E-state index in [1.54, 1.807) is 0 Å². The van der Waals surface area contributed by atoms with E-state index in [-0.39, 0.29) is 11.4 Å². The van der Waals surface area contributed by atoms with Crippen molar-refractivity contribution in [3.63, 3.8) is 0 Å². The Labute approximate surface area is 87.6 Å². The summed E-state index contributed by atoms with van der Waals surface area (Å²) >= 11 is 5.37. The molecule has 0 aromatic carbocycles. The Balaban J connectivity index is 3.13. The second-order valence-electron chi connectivity index (χ2n) is 2.61. The molecule has 0 saturated carbocycles. The number of halogens is 5. The maximum Gasteiger partial charge on any atom is 0.388 e. The zero-order valence-electron chi connectivity index (χ0n) is 7.55. The molecule has 0 bridgehead atoms. The molecule has 86 valence electrons. The smallest absolute Gasteiger partial charge is 0.388 e. The topological polar surface area (TPSA) is 27.1 Å². The largest absolute Gasteiger partial charge is 0.417 e. The summed E-state index contributed by atoms with van der Waals surface area (Å²) in [5.41, 5.74) is -0.849. The molecule has 0 amide bonds. The predicted octanol–water partition coefficient (Wildman–Crippen LogP) is 2.70. The number of ether oxygens (including phenoxy) is 1. The van der Waals surface area contributed by atoms with Gasteiger partial charge in [-0.25, -0.2) is 13.5 Å². The van der Waals surface area contributed by atoms with Gasteiger partial charge in [0.25, 0.3) is 6.43 Å². The van der Waals surface area contributed by atoms with E-state index in [0.29, 0.717) is 0 Å². The van der Waals surface area contributed by atoms with Gasteiger partial charge in [-0.15, -0.1) is 11.6 Å². The number of hydrogen-bond acceptors (Lipinski definition) is 2. The van der Waals surface area contributed by atoms with Gasteiger partial charge in [0.05, 0.1) is 11.4 Å². The van der Waals surface area contributed by atoms with Crippen LogP contribution in [-0.2, 0) is 12.9 Å². The average molecular weight is 247 g/mol. The molecule has 0 aliphatic rings. The van der Waals surface area contributed by atoms with Crippen molar-refractivity contribution in [3.8, 4) is 5.88 Å². The van der Waals surface area contributed by atoms with Crippen molar-refractivity contribution in [2.45, 2.75) is 18.9 Å². The van der Waals surface area contributed by atoms with E-state index in [4.69, 9.17) is 11.6 Å². The Hall–Kier alpha value is -0.980. The lowest BCUT2D eigenvalue weighted by Crippen LogP contribution is -2.07. The van der Waals surface area contributed by atoms with Crippen LogP contribution in [0.25, 0.3) is 0 Å². The van der Waals surface area contributed by atoms with E-state index in [9.17, 15) is 17.6 Å². The Morgan fingerprint density at radius 1 is 1.40 bits per heavy atom. The second kappa shape index (κ2) is 4.69. The standard InChI is InChI=1S/C7H7ClF4N2O/c1-14-6(15-7(11)12)3(2-8)4(13-14)5(9)10/h5,7H,2H2,1H3. The number of aromatic nitrogens is 2. The average Bonchev–Trinajstić information content (AvgIpc) is 2.43. The van der Waals surface area contributed by atoms with E-state index >= 15 is 0 Å². The monoisotopic (exact) mass is 246 g/mol. The molecule has 0 radical (unpaired) electrons. The van der Waals surface area contributed by atoms with Gasteiger partial charge in [-0.3, -0.25) is 0 Å². The molecule has 0 aliphatic heterocycles. The SMILES string of the molecule is Cn1nc(C(F)F)c(CCl)c1OC(F)F. The van der Waals surface area contributed by atoms with Crippen LogP contribution >= 0.6 is 11.6 Å². The summed E-state index contributed by atoms with van der Waals surface area (Å²) in [5.74, 6) is -0.800. The Morgan fingerprint density at radius 3 is 2.40 bits per heavy atom. The van der Waals surface area contributed by atoms with E-state index in [1.807, 2.05) is 0 Å². The van der Waals surface area contributed by atoms with Gasteiger partial charge < -0.3 is 4.74 Å². The number of alkyl halides is 5. The second-order valence-corrected chi connectivity index (χ2v) is 2.87. The number of rotatable bonds is 4. The summed E-state index contributed by atoms with van der Waals surface area (Å²) in [4.78, 5) is 0. The number of hydrogen-bond donors (Lipinski definition) is 0. The summed E-state index contributed by atoms with van der Waals surface area (Å²) in [7, 11) is 1.22. The lowest BCUT2D eigenvalue weighted by Gasteiger charge is -2.05. The molecular formula is C7H7ClF4N2O.